The number of aromatic nitrogens is 2. The van der Waals surface area contributed by atoms with Gasteiger partial charge < -0.3 is 15.4 Å². The van der Waals surface area contributed by atoms with Crippen LogP contribution in [0, 0.1) is 23.2 Å². The molecule has 0 spiro atoms. The van der Waals surface area contributed by atoms with Gasteiger partial charge in [0.25, 0.3) is 5.91 Å². The van der Waals surface area contributed by atoms with Gasteiger partial charge >= 0.3 is 0 Å². The standard InChI is InChI=1S/C23H30N6O3/c1-2-27-21-18(17(12-3-4-12)19(25)22(27)30)20(26-29(21)14-5-7-32-8-6-14)23(31)28-15(11-24)9-13-10-16(13)28/h12-17,19H,2-10,25H2,1H3/t13-,15-,16+,17?,19?/m0/s1. The van der Waals surface area contributed by atoms with Crippen molar-refractivity contribution < 1.29 is 14.3 Å². The number of nitrogens with two attached hydrogens (primary N) is 1. The average molecular weight is 439 g/mol. The van der Waals surface area contributed by atoms with E-state index in [1.165, 1.54) is 0 Å². The number of anilines is 1. The number of hydrogen-bond acceptors (Lipinski definition) is 6. The highest BCUT2D eigenvalue weighted by Crippen LogP contribution is 2.53. The van der Waals surface area contributed by atoms with E-state index >= 15 is 0 Å². The monoisotopic (exact) mass is 438 g/mol. The van der Waals surface area contributed by atoms with Crippen molar-refractivity contribution in [3.05, 3.63) is 11.3 Å². The van der Waals surface area contributed by atoms with E-state index in [0.29, 0.717) is 37.3 Å². The summed E-state index contributed by atoms with van der Waals surface area (Å²) in [7, 11) is 0. The highest BCUT2D eigenvalue weighted by molar-refractivity contribution is 6.04. The van der Waals surface area contributed by atoms with Crippen molar-refractivity contribution in [1.82, 2.24) is 14.7 Å². The maximum Gasteiger partial charge on any atom is 0.276 e. The fraction of sp³-hybridized carbons (Fsp3) is 0.739. The van der Waals surface area contributed by atoms with Gasteiger partial charge in [-0.3, -0.25) is 14.5 Å². The number of carbonyl (C=O) groups is 2. The Bertz CT molecular complexity index is 1000. The van der Waals surface area contributed by atoms with E-state index in [0.717, 1.165) is 49.9 Å². The van der Waals surface area contributed by atoms with Gasteiger partial charge in [0.05, 0.1) is 18.2 Å². The molecule has 3 aliphatic heterocycles. The van der Waals surface area contributed by atoms with Gasteiger partial charge in [-0.05, 0) is 57.3 Å². The molecule has 170 valence electrons. The van der Waals surface area contributed by atoms with E-state index in [1.807, 2.05) is 11.6 Å². The zero-order valence-electron chi connectivity index (χ0n) is 18.4. The summed E-state index contributed by atoms with van der Waals surface area (Å²) in [4.78, 5) is 30.7. The van der Waals surface area contributed by atoms with Crippen molar-refractivity contribution >= 4 is 17.6 Å². The van der Waals surface area contributed by atoms with E-state index in [2.05, 4.69) is 6.07 Å². The molecule has 0 radical (unpaired) electrons. The Balaban J connectivity index is 1.51. The highest BCUT2D eigenvalue weighted by Gasteiger charge is 2.56. The molecule has 4 heterocycles. The summed E-state index contributed by atoms with van der Waals surface area (Å²) >= 11 is 0. The lowest BCUT2D eigenvalue weighted by atomic mass is 9.82. The number of nitrogens with zero attached hydrogens (tertiary/aromatic N) is 5. The number of likely N-dealkylation sites (tertiary alicyclic amines) is 1. The fourth-order valence-corrected chi connectivity index (χ4v) is 6.25. The summed E-state index contributed by atoms with van der Waals surface area (Å²) in [5.74, 6) is 1.07. The molecular weight excluding hydrogens is 408 g/mol. The van der Waals surface area contributed by atoms with Crippen molar-refractivity contribution in [2.75, 3.05) is 24.7 Å². The summed E-state index contributed by atoms with van der Waals surface area (Å²) in [6.45, 7) is 3.70. The van der Waals surface area contributed by atoms with E-state index in [1.54, 1.807) is 9.80 Å². The van der Waals surface area contributed by atoms with Crippen LogP contribution in [-0.2, 0) is 9.53 Å². The number of amides is 2. The number of fused-ring (bicyclic) bond motifs is 2. The molecule has 1 aromatic rings. The van der Waals surface area contributed by atoms with Crippen molar-refractivity contribution in [1.29, 1.82) is 5.26 Å². The molecule has 2 saturated carbocycles. The molecule has 0 aromatic carbocycles. The summed E-state index contributed by atoms with van der Waals surface area (Å²) in [5, 5.41) is 14.6. The second-order valence-corrected chi connectivity index (χ2v) is 10.0. The van der Waals surface area contributed by atoms with Gasteiger partial charge in [0.1, 0.15) is 11.9 Å². The largest absolute Gasteiger partial charge is 0.381 e. The predicted octanol–water partition coefficient (Wildman–Crippen LogP) is 1.55. The molecule has 4 fully saturated rings. The number of likely N-dealkylation sites (N-methyl/N-ethyl adjacent to an activating group) is 1. The van der Waals surface area contributed by atoms with Crippen LogP contribution in [0.5, 0.6) is 0 Å². The van der Waals surface area contributed by atoms with Gasteiger partial charge in [0.15, 0.2) is 5.69 Å². The van der Waals surface area contributed by atoms with E-state index in [4.69, 9.17) is 15.6 Å². The van der Waals surface area contributed by atoms with Gasteiger partial charge in [-0.25, -0.2) is 4.68 Å². The first-order valence-corrected chi connectivity index (χ1v) is 12.0. The van der Waals surface area contributed by atoms with Crippen LogP contribution in [0.2, 0.25) is 0 Å². The van der Waals surface area contributed by atoms with E-state index < -0.39 is 12.1 Å². The van der Waals surface area contributed by atoms with E-state index in [9.17, 15) is 14.9 Å². The number of rotatable bonds is 4. The third kappa shape index (κ3) is 2.85. The Kier molecular flexibility index (Phi) is 4.60. The zero-order valence-corrected chi connectivity index (χ0v) is 18.4. The minimum Gasteiger partial charge on any atom is -0.381 e. The maximum atomic E-state index is 13.9. The minimum atomic E-state index is -0.659. The molecule has 6 rings (SSSR count). The molecule has 9 heteroatoms. The summed E-state index contributed by atoms with van der Waals surface area (Å²) < 4.78 is 7.48. The third-order valence-electron chi connectivity index (χ3n) is 8.12. The molecule has 32 heavy (non-hydrogen) atoms. The quantitative estimate of drug-likeness (QED) is 0.762. The zero-order chi connectivity index (χ0) is 22.1. The van der Waals surface area contributed by atoms with Crippen LogP contribution in [-0.4, -0.2) is 64.4 Å². The molecular formula is C23H30N6O3. The van der Waals surface area contributed by atoms with Crippen molar-refractivity contribution in [2.24, 2.45) is 17.6 Å². The number of piperidine rings is 1. The molecule has 2 aliphatic carbocycles. The fourth-order valence-electron chi connectivity index (χ4n) is 6.25. The Morgan fingerprint density at radius 1 is 1.22 bits per heavy atom. The van der Waals surface area contributed by atoms with Crippen LogP contribution < -0.4 is 10.6 Å². The van der Waals surface area contributed by atoms with Gasteiger partial charge in [-0.2, -0.15) is 10.4 Å². The first-order chi connectivity index (χ1) is 15.5. The van der Waals surface area contributed by atoms with Crippen LogP contribution >= 0.6 is 0 Å². The number of ether oxygens (including phenoxy) is 1. The molecule has 0 bridgehead atoms. The third-order valence-corrected chi connectivity index (χ3v) is 8.12. The van der Waals surface area contributed by atoms with Crippen LogP contribution in [0.25, 0.3) is 0 Å². The van der Waals surface area contributed by atoms with Gasteiger partial charge in [0.2, 0.25) is 5.91 Å². The van der Waals surface area contributed by atoms with Crippen LogP contribution in [0.15, 0.2) is 0 Å². The second-order valence-electron chi connectivity index (χ2n) is 10.0. The van der Waals surface area contributed by atoms with Crippen molar-refractivity contribution in [3.63, 3.8) is 0 Å². The first kappa shape index (κ1) is 20.2. The topological polar surface area (TPSA) is 117 Å². The second kappa shape index (κ2) is 7.29. The van der Waals surface area contributed by atoms with E-state index in [-0.39, 0.29) is 29.8 Å². The molecule has 2 N–H and O–H groups in total. The van der Waals surface area contributed by atoms with Gasteiger partial charge in [0, 0.05) is 37.3 Å². The number of carbonyl (C=O) groups excluding carboxylic acids is 2. The lowest BCUT2D eigenvalue weighted by molar-refractivity contribution is -0.121. The molecule has 5 atom stereocenters. The normalized spacial score (nSPS) is 34.3. The highest BCUT2D eigenvalue weighted by atomic mass is 16.5. The summed E-state index contributed by atoms with van der Waals surface area (Å²) in [6, 6.07) is 1.50. The lowest BCUT2D eigenvalue weighted by Gasteiger charge is -2.37. The number of hydrogen-bond donors (Lipinski definition) is 1. The van der Waals surface area contributed by atoms with Crippen molar-refractivity contribution in [2.45, 2.75) is 75.5 Å². The average Bonchev–Trinajstić information content (AvgIpc) is 3.73. The van der Waals surface area contributed by atoms with Crippen LogP contribution in [0.3, 0.4) is 0 Å². The Morgan fingerprint density at radius 2 is 1.97 bits per heavy atom. The Labute approximate surface area is 187 Å². The first-order valence-electron chi connectivity index (χ1n) is 12.0. The smallest absolute Gasteiger partial charge is 0.276 e. The minimum absolute atomic E-state index is 0.0779. The summed E-state index contributed by atoms with van der Waals surface area (Å²) in [6.07, 6.45) is 5.34. The molecule has 2 saturated heterocycles. The Morgan fingerprint density at radius 3 is 2.62 bits per heavy atom. The van der Waals surface area contributed by atoms with Crippen molar-refractivity contribution in [3.8, 4) is 6.07 Å². The molecule has 5 aliphatic rings. The molecule has 2 unspecified atom stereocenters. The predicted molar refractivity (Wildman–Crippen MR) is 115 cm³/mol. The lowest BCUT2D eigenvalue weighted by Crippen LogP contribution is -2.52. The number of nitriles is 1. The maximum absolute atomic E-state index is 13.9. The summed E-state index contributed by atoms with van der Waals surface area (Å²) in [5.41, 5.74) is 7.78. The molecule has 9 nitrogen and oxygen atoms in total. The molecule has 1 aromatic heterocycles. The molecule has 2 amide bonds. The van der Waals surface area contributed by atoms with Gasteiger partial charge in [-0.1, -0.05) is 0 Å². The van der Waals surface area contributed by atoms with Crippen LogP contribution in [0.1, 0.15) is 73.5 Å². The Hall–Kier alpha value is -2.44. The van der Waals surface area contributed by atoms with Crippen LogP contribution in [0.4, 0.5) is 5.82 Å². The van der Waals surface area contributed by atoms with Gasteiger partial charge in [-0.15, -0.1) is 0 Å². The SMILES string of the molecule is CCN1C(=O)C(N)C(C2CC2)c2c(C(=O)N3[C@H](C#N)C[C@H]4C[C@H]43)nn(C3CCOCC3)c21.